The van der Waals surface area contributed by atoms with Crippen molar-refractivity contribution in [3.05, 3.63) is 179 Å². The fraction of sp³-hybridized carbons (Fsp3) is 0.519. The van der Waals surface area contributed by atoms with Crippen LogP contribution in [-0.4, -0.2) is 253 Å². The number of rotatable bonds is 45. The molecule has 0 aliphatic rings. The van der Waals surface area contributed by atoms with Crippen LogP contribution in [0.2, 0.25) is 0 Å². The summed E-state index contributed by atoms with van der Waals surface area (Å²) in [4.78, 5) is 33.3. The highest BCUT2D eigenvalue weighted by Gasteiger charge is 2.31. The molecule has 0 radical (unpaired) electrons. The van der Waals surface area contributed by atoms with E-state index in [1.54, 1.807) is 12.1 Å². The number of benzene rings is 8. The molecule has 138 heavy (non-hydrogen) atoms. The number of phenolic OH excluding ortho intramolecular Hbond substituents is 4. The maximum atomic E-state index is 13.2. The summed E-state index contributed by atoms with van der Waals surface area (Å²) in [5.74, 6) is 0.411. The van der Waals surface area contributed by atoms with Gasteiger partial charge in [-0.05, 0) is 218 Å². The van der Waals surface area contributed by atoms with Crippen LogP contribution >= 0.6 is 0 Å². The van der Waals surface area contributed by atoms with Crippen molar-refractivity contribution in [2.45, 2.75) is 241 Å². The summed E-state index contributed by atoms with van der Waals surface area (Å²) in [7, 11) is -3.09. The molecule has 8 N–H and O–H groups in total. The SMILES string of the molecule is CCC(C)c1cc(S(=O)(=O)NCCCN(CC)CC)cc(-n2nc3ccccc3n2)c1O.CCC(C)c1cc(S(=O)(=O)NCCC[N+](C)(CC)CC)cc(-n2nc3ccccc3n2)c1O.CCCC[N+](CC)(CC)CCCNC(=O)CCc1cc(-n2nc3ccccc3n2)c(O)c(C(C)(C)C)c1.CC[N+](C)(CC)CCCNC(=O)CCc1cc(-n2nc3ccccc3n2)c(O)c(C(C)(C)C)c1.[Br-].[I-]. The molecule has 0 spiro atoms. The predicted molar refractivity (Wildman–Crippen MR) is 546 cm³/mol. The second-order valence-electron chi connectivity index (χ2n) is 38.5. The Kier molecular flexibility index (Phi) is 44.1. The summed E-state index contributed by atoms with van der Waals surface area (Å²) in [6, 6.07) is 43.8. The summed E-state index contributed by atoms with van der Waals surface area (Å²) in [6.07, 6.45) is 9.38. The van der Waals surface area contributed by atoms with Gasteiger partial charge in [0.15, 0.2) is 0 Å². The van der Waals surface area contributed by atoms with Crippen molar-refractivity contribution in [3.8, 4) is 45.7 Å². The number of nitrogens with zero attached hydrogens (tertiary/aromatic N) is 16. The third kappa shape index (κ3) is 31.2. The second kappa shape index (κ2) is 52.7. The maximum Gasteiger partial charge on any atom is 0.240 e. The number of hydrogen-bond donors (Lipinski definition) is 8. The van der Waals surface area contributed by atoms with Crippen LogP contribution in [0, 0.1) is 0 Å². The van der Waals surface area contributed by atoms with E-state index in [4.69, 9.17) is 0 Å². The molecule has 0 aliphatic carbocycles. The van der Waals surface area contributed by atoms with Crippen LogP contribution in [0.15, 0.2) is 155 Å². The number of phenols is 4. The van der Waals surface area contributed by atoms with Gasteiger partial charge in [0.1, 0.15) is 89.9 Å². The van der Waals surface area contributed by atoms with E-state index in [0.29, 0.717) is 96.4 Å². The second-order valence-corrected chi connectivity index (χ2v) is 42.0. The van der Waals surface area contributed by atoms with Crippen molar-refractivity contribution in [1.29, 1.82) is 0 Å². The summed E-state index contributed by atoms with van der Waals surface area (Å²) < 4.78 is 61.0. The van der Waals surface area contributed by atoms with Crippen LogP contribution in [-0.2, 0) is 53.3 Å². The third-order valence-corrected chi connectivity index (χ3v) is 29.9. The lowest BCUT2D eigenvalue weighted by atomic mass is 9.84. The zero-order valence-corrected chi connectivity index (χ0v) is 90.9. The number of hydrogen-bond acceptors (Lipinski definition) is 19. The van der Waals surface area contributed by atoms with E-state index in [1.807, 2.05) is 149 Å². The van der Waals surface area contributed by atoms with Gasteiger partial charge in [-0.1, -0.05) is 157 Å². The standard InChI is InChI=1S/C30H45N5O2.C27H39N5O2.C24H35N5O3S.C23H33N5O3S.BrH.HI/c1-7-10-19-35(8-2,9-3)20-13-18-31-28(36)17-16-23-21-24(30(4,5)6)29(37)27(22-23)34-32-25-14-11-12-15-26(25)33-34;1-7-32(6,8-2)17-11-16-28-25(33)15-14-20-18-21(27(3,4)5)26(34)24(19-20)31-29-22-12-9-10-13-23(22)30-31;1-6-18(4)20-16-19(33(31,32)25-14-11-15-29(5,7-2)8-3)17-23(24(20)30)28-26-21-12-9-10-13-22(21)27-28;1-5-17(4)19-15-18(32(30,31)24-13-10-14-27(6-2)7-3)16-22(23(19)29)28-25-20-11-8-9-12-21(20)26-28;;/h11-12,14-15,21-22H,7-10,13,16-20H2,1-6H3,(H-,31,36,37);9-10,12-13,18-19H,7-8,11,14-17H2,1-6H3,(H-,28,33,34);9-10,12-13,16-18,25H,6-8,11,14-15H2,1-5H3;8-9,11-12,15-17,24,29H,5-7,10,13-14H2,1-4H3;2*1H/p+1. The first kappa shape index (κ1) is 115. The zero-order valence-electron chi connectivity index (χ0n) is 85.5. The van der Waals surface area contributed by atoms with Gasteiger partial charge in [0, 0.05) is 80.5 Å². The topological polar surface area (TPSA) is 358 Å². The van der Waals surface area contributed by atoms with Crippen LogP contribution in [0.25, 0.3) is 66.9 Å². The zero-order chi connectivity index (χ0) is 99.5. The number of halogens is 2. The molecule has 8 aromatic carbocycles. The molecular formula is C104H155BrIN20O10S2+. The van der Waals surface area contributed by atoms with E-state index < -0.39 is 20.0 Å². The molecule has 0 saturated heterocycles. The van der Waals surface area contributed by atoms with Gasteiger partial charge < -0.3 is 90.4 Å². The molecule has 0 bridgehead atoms. The van der Waals surface area contributed by atoms with Crippen molar-refractivity contribution in [1.82, 2.24) is 85.0 Å². The molecule has 4 aromatic heterocycles. The van der Waals surface area contributed by atoms with Gasteiger partial charge in [-0.25, -0.2) is 26.3 Å². The number of aryl methyl sites for hydroxylation is 2. The largest absolute Gasteiger partial charge is 1.00 e. The minimum Gasteiger partial charge on any atom is -1.00 e. The van der Waals surface area contributed by atoms with Gasteiger partial charge in [0.05, 0.1) is 89.3 Å². The van der Waals surface area contributed by atoms with Crippen molar-refractivity contribution in [3.63, 3.8) is 0 Å². The molecule has 2 unspecified atom stereocenters. The van der Waals surface area contributed by atoms with E-state index in [0.717, 1.165) is 175 Å². The number of aromatic hydroxyl groups is 4. The Balaban J connectivity index is 0.000000250. The van der Waals surface area contributed by atoms with Gasteiger partial charge in [0.25, 0.3) is 0 Å². The number of amides is 2. The van der Waals surface area contributed by atoms with E-state index in [2.05, 4.69) is 184 Å². The fourth-order valence-electron chi connectivity index (χ4n) is 16.4. The summed E-state index contributed by atoms with van der Waals surface area (Å²) in [5.41, 5.74) is 11.5. The van der Waals surface area contributed by atoms with Crippen molar-refractivity contribution >= 4 is 76.0 Å². The lowest BCUT2D eigenvalue weighted by Gasteiger charge is -2.37. The molecule has 756 valence electrons. The van der Waals surface area contributed by atoms with Gasteiger partial charge in [-0.3, -0.25) is 9.59 Å². The number of carbonyl (C=O) groups is 2. The maximum absolute atomic E-state index is 13.2. The number of sulfonamides is 2. The van der Waals surface area contributed by atoms with Crippen LogP contribution in [0.5, 0.6) is 23.0 Å². The lowest BCUT2D eigenvalue weighted by Crippen LogP contribution is -3.00. The Labute approximate surface area is 847 Å². The Morgan fingerprint density at radius 2 is 0.688 bits per heavy atom. The van der Waals surface area contributed by atoms with Gasteiger partial charge >= 0.3 is 0 Å². The average molecular weight is 2120 g/mol. The quantitative estimate of drug-likeness (QED) is 0.00998. The van der Waals surface area contributed by atoms with E-state index in [9.17, 15) is 46.9 Å². The van der Waals surface area contributed by atoms with Crippen LogP contribution in [0.1, 0.15) is 241 Å². The summed E-state index contributed by atoms with van der Waals surface area (Å²) in [6.45, 7) is 55.6. The molecular weight excluding hydrogens is 1960 g/mol. The molecule has 0 saturated carbocycles. The molecule has 4 heterocycles. The van der Waals surface area contributed by atoms with Crippen LogP contribution < -0.4 is 61.0 Å². The van der Waals surface area contributed by atoms with Gasteiger partial charge in [-0.15, -0.1) is 60.0 Å². The first-order valence-corrected chi connectivity index (χ1v) is 52.1. The molecule has 30 nitrogen and oxygen atoms in total. The Bertz CT molecular complexity index is 6020. The number of carbonyl (C=O) groups excluding carboxylic acids is 2. The molecule has 0 aliphatic heterocycles. The predicted octanol–water partition coefficient (Wildman–Crippen LogP) is 11.3. The van der Waals surface area contributed by atoms with E-state index >= 15 is 0 Å². The van der Waals surface area contributed by atoms with Gasteiger partial charge in [-0.2, -0.15) is 0 Å². The third-order valence-electron chi connectivity index (χ3n) is 27.0. The number of unbranched alkanes of at least 4 members (excludes halogenated alkanes) is 1. The number of fused-ring (bicyclic) bond motifs is 4. The number of nitrogens with one attached hydrogen (secondary N) is 4. The average Bonchev–Trinajstić information content (AvgIpc) is 1.55. The van der Waals surface area contributed by atoms with E-state index in [1.165, 1.54) is 50.7 Å². The highest BCUT2D eigenvalue weighted by Crippen LogP contribution is 2.41. The number of aromatic nitrogens is 12. The van der Waals surface area contributed by atoms with E-state index in [-0.39, 0.29) is 120 Å². The molecule has 12 aromatic rings. The smallest absolute Gasteiger partial charge is 0.240 e. The molecule has 0 fully saturated rings. The van der Waals surface area contributed by atoms with Gasteiger partial charge in [0.2, 0.25) is 31.9 Å². The highest BCUT2D eigenvalue weighted by atomic mass is 127. The molecule has 2 amide bonds. The fourth-order valence-corrected chi connectivity index (χ4v) is 18.7. The first-order chi connectivity index (χ1) is 64.6. The van der Waals surface area contributed by atoms with Crippen LogP contribution in [0.3, 0.4) is 0 Å². The Morgan fingerprint density at radius 3 is 0.971 bits per heavy atom. The lowest BCUT2D eigenvalue weighted by molar-refractivity contribution is -0.925. The summed E-state index contributed by atoms with van der Waals surface area (Å²) in [5, 5.41) is 86.3. The van der Waals surface area contributed by atoms with Crippen molar-refractivity contribution in [2.75, 3.05) is 125 Å². The molecule has 34 heteroatoms. The first-order valence-electron chi connectivity index (χ1n) is 49.2. The van der Waals surface area contributed by atoms with Crippen molar-refractivity contribution < 1.29 is 101 Å². The molecule has 2 atom stereocenters. The Morgan fingerprint density at radius 1 is 0.399 bits per heavy atom. The number of quaternary nitrogens is 3. The Hall–Kier alpha value is -9.63. The highest BCUT2D eigenvalue weighted by molar-refractivity contribution is 7.89. The van der Waals surface area contributed by atoms with Crippen molar-refractivity contribution in [2.24, 2.45) is 0 Å². The monoisotopic (exact) mass is 2110 g/mol. The minimum atomic E-state index is -3.77. The minimum absolute atomic E-state index is 0. The van der Waals surface area contributed by atoms with Crippen LogP contribution in [0.4, 0.5) is 0 Å². The summed E-state index contributed by atoms with van der Waals surface area (Å²) >= 11 is 0. The molecule has 12 rings (SSSR count). The normalized spacial score (nSPS) is 12.6.